The van der Waals surface area contributed by atoms with E-state index in [9.17, 15) is 4.79 Å². The van der Waals surface area contributed by atoms with Crippen LogP contribution in [0.1, 0.15) is 22.8 Å². The molecule has 0 aliphatic carbocycles. The van der Waals surface area contributed by atoms with Crippen molar-refractivity contribution < 1.29 is 9.53 Å². The summed E-state index contributed by atoms with van der Waals surface area (Å²) in [6.45, 7) is 2.52. The van der Waals surface area contributed by atoms with Crippen LogP contribution in [0.25, 0.3) is 0 Å². The van der Waals surface area contributed by atoms with Crippen LogP contribution in [0.2, 0.25) is 0 Å². The molecule has 0 radical (unpaired) electrons. The third-order valence-electron chi connectivity index (χ3n) is 2.49. The Hall–Kier alpha value is -1.36. The summed E-state index contributed by atoms with van der Waals surface area (Å²) in [6, 6.07) is 14.9. The van der Waals surface area contributed by atoms with E-state index in [4.69, 9.17) is 4.74 Å². The second-order valence-corrected chi connectivity index (χ2v) is 5.05. The van der Waals surface area contributed by atoms with Crippen molar-refractivity contribution in [2.75, 3.05) is 6.61 Å². The number of carbonyl (C=O) groups is 1. The maximum atomic E-state index is 12.3. The normalized spacial score (nSPS) is 10.1. The van der Waals surface area contributed by atoms with Gasteiger partial charge in [-0.05, 0) is 53.8 Å². The summed E-state index contributed by atoms with van der Waals surface area (Å²) < 4.78 is 6.46. The molecular weight excluding hydrogens is 339 g/mol. The first-order chi connectivity index (χ1) is 8.70. The van der Waals surface area contributed by atoms with Crippen molar-refractivity contribution in [1.29, 1.82) is 0 Å². The van der Waals surface area contributed by atoms with Gasteiger partial charge in [0.1, 0.15) is 5.75 Å². The van der Waals surface area contributed by atoms with Gasteiger partial charge in [0.05, 0.1) is 6.61 Å². The van der Waals surface area contributed by atoms with E-state index < -0.39 is 0 Å². The van der Waals surface area contributed by atoms with Crippen LogP contribution in [-0.4, -0.2) is 12.4 Å². The standard InChI is InChI=1S/C15H13IO2/c1-2-18-14-8-4-6-12(10-14)15(17)11-5-3-7-13(16)9-11/h3-10H,2H2,1H3. The highest BCUT2D eigenvalue weighted by Crippen LogP contribution is 2.17. The molecule has 0 amide bonds. The van der Waals surface area contributed by atoms with Crippen LogP contribution in [0.15, 0.2) is 48.5 Å². The molecular formula is C15H13IO2. The highest BCUT2D eigenvalue weighted by Gasteiger charge is 2.09. The fraction of sp³-hybridized carbons (Fsp3) is 0.133. The molecule has 18 heavy (non-hydrogen) atoms. The topological polar surface area (TPSA) is 26.3 Å². The van der Waals surface area contributed by atoms with Crippen molar-refractivity contribution in [3.8, 4) is 5.75 Å². The predicted molar refractivity (Wildman–Crippen MR) is 80.2 cm³/mol. The Morgan fingerprint density at radius 2 is 1.78 bits per heavy atom. The summed E-state index contributed by atoms with van der Waals surface area (Å²) in [6.07, 6.45) is 0. The predicted octanol–water partition coefficient (Wildman–Crippen LogP) is 3.92. The molecule has 2 aromatic rings. The average molecular weight is 352 g/mol. The zero-order chi connectivity index (χ0) is 13.0. The summed E-state index contributed by atoms with van der Waals surface area (Å²) >= 11 is 2.20. The second kappa shape index (κ2) is 6.00. The molecule has 0 atom stereocenters. The monoisotopic (exact) mass is 352 g/mol. The van der Waals surface area contributed by atoms with E-state index in [-0.39, 0.29) is 5.78 Å². The van der Waals surface area contributed by atoms with Crippen molar-refractivity contribution in [2.45, 2.75) is 6.92 Å². The van der Waals surface area contributed by atoms with Crippen LogP contribution in [-0.2, 0) is 0 Å². The number of hydrogen-bond acceptors (Lipinski definition) is 2. The fourth-order valence-corrected chi connectivity index (χ4v) is 2.23. The zero-order valence-electron chi connectivity index (χ0n) is 10.0. The number of ketones is 1. The molecule has 0 heterocycles. The quantitative estimate of drug-likeness (QED) is 0.616. The molecule has 0 bridgehead atoms. The summed E-state index contributed by atoms with van der Waals surface area (Å²) in [4.78, 5) is 12.3. The number of hydrogen-bond donors (Lipinski definition) is 0. The fourth-order valence-electron chi connectivity index (χ4n) is 1.69. The minimum Gasteiger partial charge on any atom is -0.494 e. The Balaban J connectivity index is 2.31. The van der Waals surface area contributed by atoms with Gasteiger partial charge in [0.15, 0.2) is 5.78 Å². The molecule has 3 heteroatoms. The summed E-state index contributed by atoms with van der Waals surface area (Å²) in [5.41, 5.74) is 1.36. The number of carbonyl (C=O) groups excluding carboxylic acids is 1. The largest absolute Gasteiger partial charge is 0.494 e. The van der Waals surface area contributed by atoms with Crippen LogP contribution in [0.5, 0.6) is 5.75 Å². The third kappa shape index (κ3) is 3.10. The van der Waals surface area contributed by atoms with E-state index in [2.05, 4.69) is 22.6 Å². The van der Waals surface area contributed by atoms with Gasteiger partial charge in [0.25, 0.3) is 0 Å². The van der Waals surface area contributed by atoms with Gasteiger partial charge in [-0.3, -0.25) is 4.79 Å². The van der Waals surface area contributed by atoms with Crippen LogP contribution in [0, 0.1) is 3.57 Å². The first-order valence-corrected chi connectivity index (χ1v) is 6.81. The summed E-state index contributed by atoms with van der Waals surface area (Å²) in [5, 5.41) is 0. The van der Waals surface area contributed by atoms with Crippen molar-refractivity contribution in [3.05, 3.63) is 63.2 Å². The molecule has 0 aromatic heterocycles. The SMILES string of the molecule is CCOc1cccc(C(=O)c2cccc(I)c2)c1. The van der Waals surface area contributed by atoms with Gasteiger partial charge in [-0.25, -0.2) is 0 Å². The van der Waals surface area contributed by atoms with Gasteiger partial charge < -0.3 is 4.74 Å². The van der Waals surface area contributed by atoms with E-state index in [0.29, 0.717) is 17.7 Å². The Bertz CT molecular complexity index is 564. The molecule has 0 saturated carbocycles. The molecule has 2 nitrogen and oxygen atoms in total. The summed E-state index contributed by atoms with van der Waals surface area (Å²) in [5.74, 6) is 0.754. The molecule has 92 valence electrons. The molecule has 0 aliphatic rings. The van der Waals surface area contributed by atoms with E-state index in [1.165, 1.54) is 0 Å². The number of halogens is 1. The highest BCUT2D eigenvalue weighted by molar-refractivity contribution is 14.1. The number of benzene rings is 2. The van der Waals surface area contributed by atoms with E-state index >= 15 is 0 Å². The number of ether oxygens (including phenoxy) is 1. The molecule has 2 aromatic carbocycles. The first kappa shape index (κ1) is 13.1. The number of rotatable bonds is 4. The zero-order valence-corrected chi connectivity index (χ0v) is 12.2. The Labute approximate surface area is 120 Å². The lowest BCUT2D eigenvalue weighted by Crippen LogP contribution is -2.02. The Kier molecular flexibility index (Phi) is 4.36. The van der Waals surface area contributed by atoms with Gasteiger partial charge in [0.2, 0.25) is 0 Å². The van der Waals surface area contributed by atoms with Gasteiger partial charge >= 0.3 is 0 Å². The van der Waals surface area contributed by atoms with Crippen LogP contribution in [0.4, 0.5) is 0 Å². The maximum Gasteiger partial charge on any atom is 0.193 e. The van der Waals surface area contributed by atoms with Crippen molar-refractivity contribution >= 4 is 28.4 Å². The van der Waals surface area contributed by atoms with Crippen molar-refractivity contribution in [3.63, 3.8) is 0 Å². The molecule has 0 saturated heterocycles. The van der Waals surface area contributed by atoms with Crippen LogP contribution >= 0.6 is 22.6 Å². The minimum atomic E-state index is 0.0232. The molecule has 0 aliphatic heterocycles. The maximum absolute atomic E-state index is 12.3. The summed E-state index contributed by atoms with van der Waals surface area (Å²) in [7, 11) is 0. The van der Waals surface area contributed by atoms with E-state index in [1.807, 2.05) is 49.4 Å². The second-order valence-electron chi connectivity index (χ2n) is 3.80. The molecule has 0 fully saturated rings. The van der Waals surface area contributed by atoms with Crippen LogP contribution < -0.4 is 4.74 Å². The molecule has 0 spiro atoms. The molecule has 0 N–H and O–H groups in total. The van der Waals surface area contributed by atoms with Crippen molar-refractivity contribution in [2.24, 2.45) is 0 Å². The Morgan fingerprint density at radius 1 is 1.11 bits per heavy atom. The highest BCUT2D eigenvalue weighted by atomic mass is 127. The Morgan fingerprint density at radius 3 is 2.44 bits per heavy atom. The lowest BCUT2D eigenvalue weighted by atomic mass is 10.0. The third-order valence-corrected chi connectivity index (χ3v) is 3.17. The lowest BCUT2D eigenvalue weighted by Gasteiger charge is -2.06. The smallest absolute Gasteiger partial charge is 0.193 e. The lowest BCUT2D eigenvalue weighted by molar-refractivity contribution is 0.103. The van der Waals surface area contributed by atoms with E-state index in [0.717, 1.165) is 9.32 Å². The molecule has 0 unspecified atom stereocenters. The first-order valence-electron chi connectivity index (χ1n) is 5.74. The minimum absolute atomic E-state index is 0.0232. The van der Waals surface area contributed by atoms with Gasteiger partial charge in [-0.15, -0.1) is 0 Å². The van der Waals surface area contributed by atoms with Gasteiger partial charge in [0, 0.05) is 14.7 Å². The van der Waals surface area contributed by atoms with Gasteiger partial charge in [-0.1, -0.05) is 24.3 Å². The van der Waals surface area contributed by atoms with Crippen LogP contribution in [0.3, 0.4) is 0 Å². The molecule has 2 rings (SSSR count). The average Bonchev–Trinajstić information content (AvgIpc) is 2.39. The van der Waals surface area contributed by atoms with Crippen molar-refractivity contribution in [1.82, 2.24) is 0 Å². The van der Waals surface area contributed by atoms with E-state index in [1.54, 1.807) is 6.07 Å². The van der Waals surface area contributed by atoms with Gasteiger partial charge in [-0.2, -0.15) is 0 Å².